The predicted molar refractivity (Wildman–Crippen MR) is 63.0 cm³/mol. The lowest BCUT2D eigenvalue weighted by atomic mass is 9.99. The van der Waals surface area contributed by atoms with Gasteiger partial charge in [-0.2, -0.15) is 0 Å². The Labute approximate surface area is 93.2 Å². The monoisotopic (exact) mass is 218 g/mol. The highest BCUT2D eigenvalue weighted by Crippen LogP contribution is 2.19. The molecule has 0 N–H and O–H groups in total. The van der Waals surface area contributed by atoms with Crippen LogP contribution in [0.3, 0.4) is 0 Å². The van der Waals surface area contributed by atoms with E-state index in [9.17, 15) is 0 Å². The molecule has 1 heterocycles. The molecule has 0 aliphatic carbocycles. The van der Waals surface area contributed by atoms with E-state index in [0.29, 0.717) is 11.5 Å². The minimum atomic E-state index is 0.310. The molecule has 0 aromatic carbocycles. The van der Waals surface area contributed by atoms with Gasteiger partial charge in [0.15, 0.2) is 0 Å². The Morgan fingerprint density at radius 2 is 2.00 bits per heavy atom. The van der Waals surface area contributed by atoms with Crippen molar-refractivity contribution in [2.75, 3.05) is 39.1 Å². The van der Waals surface area contributed by atoms with Crippen molar-refractivity contribution >= 4 is 11.6 Å². The molecule has 1 fully saturated rings. The predicted octanol–water partition coefficient (Wildman–Crippen LogP) is 1.89. The van der Waals surface area contributed by atoms with Crippen molar-refractivity contribution in [3.63, 3.8) is 0 Å². The average Bonchev–Trinajstić information content (AvgIpc) is 2.11. The summed E-state index contributed by atoms with van der Waals surface area (Å²) in [5.74, 6) is 1.38. The molecule has 0 amide bonds. The van der Waals surface area contributed by atoms with Crippen LogP contribution >= 0.6 is 11.6 Å². The summed E-state index contributed by atoms with van der Waals surface area (Å²) in [6.07, 6.45) is 0. The van der Waals surface area contributed by atoms with E-state index in [1.54, 1.807) is 0 Å². The molecule has 0 aromatic heterocycles. The molecule has 0 saturated carbocycles. The van der Waals surface area contributed by atoms with Crippen LogP contribution in [-0.4, -0.2) is 54.4 Å². The summed E-state index contributed by atoms with van der Waals surface area (Å²) in [7, 11) is 2.21. The quantitative estimate of drug-likeness (QED) is 0.668. The number of hydrogen-bond donors (Lipinski definition) is 0. The zero-order valence-corrected chi connectivity index (χ0v) is 10.6. The van der Waals surface area contributed by atoms with Crippen molar-refractivity contribution in [2.45, 2.75) is 26.3 Å². The number of hydrogen-bond acceptors (Lipinski definition) is 2. The molecule has 0 aromatic rings. The van der Waals surface area contributed by atoms with Gasteiger partial charge < -0.3 is 0 Å². The number of alkyl halides is 1. The van der Waals surface area contributed by atoms with Gasteiger partial charge in [0.2, 0.25) is 0 Å². The highest BCUT2D eigenvalue weighted by atomic mass is 35.5. The SMILES string of the molecule is CC(CCl)CN1CCN(C)C(C)(C)C1. The fourth-order valence-electron chi connectivity index (χ4n) is 1.99. The van der Waals surface area contributed by atoms with E-state index in [1.807, 2.05) is 0 Å². The first-order valence-corrected chi connectivity index (χ1v) is 5.98. The van der Waals surface area contributed by atoms with Gasteiger partial charge in [-0.25, -0.2) is 0 Å². The minimum Gasteiger partial charge on any atom is -0.300 e. The second-order valence-electron chi connectivity index (χ2n) is 5.23. The lowest BCUT2D eigenvalue weighted by molar-refractivity contribution is 0.0347. The summed E-state index contributed by atoms with van der Waals surface area (Å²) < 4.78 is 0. The van der Waals surface area contributed by atoms with E-state index in [0.717, 1.165) is 19.0 Å². The molecule has 2 nitrogen and oxygen atoms in total. The van der Waals surface area contributed by atoms with Gasteiger partial charge in [-0.05, 0) is 26.8 Å². The van der Waals surface area contributed by atoms with Crippen molar-refractivity contribution in [1.82, 2.24) is 9.80 Å². The van der Waals surface area contributed by atoms with Crippen molar-refractivity contribution in [1.29, 1.82) is 0 Å². The van der Waals surface area contributed by atoms with Crippen molar-refractivity contribution in [3.05, 3.63) is 0 Å². The molecular weight excluding hydrogens is 196 g/mol. The Hall–Kier alpha value is 0.210. The standard InChI is InChI=1S/C11H23ClN2/c1-10(7-12)8-14-6-5-13(4)11(2,3)9-14/h10H,5-9H2,1-4H3. The fraction of sp³-hybridized carbons (Fsp3) is 1.00. The van der Waals surface area contributed by atoms with Crippen molar-refractivity contribution in [3.8, 4) is 0 Å². The van der Waals surface area contributed by atoms with E-state index >= 15 is 0 Å². The van der Waals surface area contributed by atoms with Gasteiger partial charge in [0.05, 0.1) is 0 Å². The Bertz CT molecular complexity index is 182. The lowest BCUT2D eigenvalue weighted by Crippen LogP contribution is -2.58. The molecule has 1 unspecified atom stereocenters. The van der Waals surface area contributed by atoms with E-state index < -0.39 is 0 Å². The lowest BCUT2D eigenvalue weighted by Gasteiger charge is -2.46. The number of halogens is 1. The van der Waals surface area contributed by atoms with Gasteiger partial charge in [-0.1, -0.05) is 6.92 Å². The van der Waals surface area contributed by atoms with Gasteiger partial charge in [0.25, 0.3) is 0 Å². The maximum Gasteiger partial charge on any atom is 0.0277 e. The largest absolute Gasteiger partial charge is 0.300 e. The number of nitrogens with zero attached hydrogens (tertiary/aromatic N) is 2. The van der Waals surface area contributed by atoms with Crippen LogP contribution in [0.25, 0.3) is 0 Å². The highest BCUT2D eigenvalue weighted by molar-refractivity contribution is 6.18. The normalized spacial score (nSPS) is 26.4. The molecule has 1 aliphatic rings. The van der Waals surface area contributed by atoms with Crippen LogP contribution in [0.5, 0.6) is 0 Å². The van der Waals surface area contributed by atoms with Crippen LogP contribution < -0.4 is 0 Å². The number of piperazine rings is 1. The minimum absolute atomic E-state index is 0.310. The summed E-state index contributed by atoms with van der Waals surface area (Å²) in [6.45, 7) is 11.5. The van der Waals surface area contributed by atoms with Crippen LogP contribution in [0.15, 0.2) is 0 Å². The van der Waals surface area contributed by atoms with Gasteiger partial charge in [-0.3, -0.25) is 9.80 Å². The summed E-state index contributed by atoms with van der Waals surface area (Å²) in [5.41, 5.74) is 0.310. The van der Waals surface area contributed by atoms with Crippen LogP contribution in [0.2, 0.25) is 0 Å². The first-order valence-electron chi connectivity index (χ1n) is 5.45. The van der Waals surface area contributed by atoms with Gasteiger partial charge in [-0.15, -0.1) is 11.6 Å². The van der Waals surface area contributed by atoms with Gasteiger partial charge >= 0.3 is 0 Å². The van der Waals surface area contributed by atoms with Crippen molar-refractivity contribution < 1.29 is 0 Å². The Kier molecular flexibility index (Phi) is 4.23. The third-order valence-corrected chi connectivity index (χ3v) is 3.76. The van der Waals surface area contributed by atoms with E-state index in [1.165, 1.54) is 13.1 Å². The van der Waals surface area contributed by atoms with Crippen LogP contribution in [0.1, 0.15) is 20.8 Å². The van der Waals surface area contributed by atoms with Gasteiger partial charge in [0.1, 0.15) is 0 Å². The Balaban J connectivity index is 2.43. The average molecular weight is 219 g/mol. The van der Waals surface area contributed by atoms with E-state index in [4.69, 9.17) is 11.6 Å². The number of rotatable bonds is 3. The van der Waals surface area contributed by atoms with Crippen LogP contribution in [0, 0.1) is 5.92 Å². The smallest absolute Gasteiger partial charge is 0.0277 e. The highest BCUT2D eigenvalue weighted by Gasteiger charge is 2.31. The first-order chi connectivity index (χ1) is 6.45. The molecule has 84 valence electrons. The molecule has 14 heavy (non-hydrogen) atoms. The molecule has 1 aliphatic heterocycles. The van der Waals surface area contributed by atoms with E-state index in [-0.39, 0.29) is 0 Å². The summed E-state index contributed by atoms with van der Waals surface area (Å²) in [6, 6.07) is 0. The molecule has 1 saturated heterocycles. The van der Waals surface area contributed by atoms with Crippen LogP contribution in [0.4, 0.5) is 0 Å². The molecular formula is C11H23ClN2. The van der Waals surface area contributed by atoms with Crippen molar-refractivity contribution in [2.24, 2.45) is 5.92 Å². The topological polar surface area (TPSA) is 6.48 Å². The first kappa shape index (κ1) is 12.3. The van der Waals surface area contributed by atoms with Gasteiger partial charge in [0, 0.05) is 37.6 Å². The molecule has 0 bridgehead atoms. The van der Waals surface area contributed by atoms with E-state index in [2.05, 4.69) is 37.6 Å². The summed E-state index contributed by atoms with van der Waals surface area (Å²) >= 11 is 5.83. The molecule has 0 radical (unpaired) electrons. The molecule has 3 heteroatoms. The summed E-state index contributed by atoms with van der Waals surface area (Å²) in [5, 5.41) is 0. The molecule has 0 spiro atoms. The maximum atomic E-state index is 5.83. The Morgan fingerprint density at radius 3 is 2.50 bits per heavy atom. The third kappa shape index (κ3) is 3.11. The third-order valence-electron chi connectivity index (χ3n) is 3.23. The van der Waals surface area contributed by atoms with Crippen LogP contribution in [-0.2, 0) is 0 Å². The second-order valence-corrected chi connectivity index (χ2v) is 5.54. The maximum absolute atomic E-state index is 5.83. The fourth-order valence-corrected chi connectivity index (χ4v) is 2.08. The molecule has 1 rings (SSSR count). The Morgan fingerprint density at radius 1 is 1.36 bits per heavy atom. The number of likely N-dealkylation sites (N-methyl/N-ethyl adjacent to an activating group) is 1. The zero-order chi connectivity index (χ0) is 10.8. The zero-order valence-electron chi connectivity index (χ0n) is 9.89. The second kappa shape index (κ2) is 4.82. The summed E-state index contributed by atoms with van der Waals surface area (Å²) in [4.78, 5) is 4.97. The molecule has 1 atom stereocenters.